The van der Waals surface area contributed by atoms with Gasteiger partial charge in [-0.1, -0.05) is 25.0 Å². The van der Waals surface area contributed by atoms with Crippen LogP contribution in [-0.4, -0.2) is 11.2 Å². The van der Waals surface area contributed by atoms with E-state index in [1.807, 2.05) is 0 Å². The Balaban J connectivity index is 2.26. The monoisotopic (exact) mass is 140 g/mol. The van der Waals surface area contributed by atoms with E-state index >= 15 is 0 Å². The van der Waals surface area contributed by atoms with Gasteiger partial charge in [-0.05, 0) is 25.7 Å². The summed E-state index contributed by atoms with van der Waals surface area (Å²) in [6, 6.07) is 0. The van der Waals surface area contributed by atoms with E-state index in [-0.39, 0.29) is 6.10 Å². The number of hydrogen-bond acceptors (Lipinski definition) is 1. The lowest BCUT2D eigenvalue weighted by Gasteiger charge is -2.04. The molecule has 0 saturated heterocycles. The van der Waals surface area contributed by atoms with E-state index in [1.165, 1.54) is 25.7 Å². The molecule has 1 nitrogen and oxygen atoms in total. The van der Waals surface area contributed by atoms with E-state index in [4.69, 9.17) is 0 Å². The molecule has 1 aliphatic rings. The molecule has 1 rings (SSSR count). The molecule has 0 saturated carbocycles. The highest BCUT2D eigenvalue weighted by molar-refractivity contribution is 4.85. The topological polar surface area (TPSA) is 20.2 Å². The van der Waals surface area contributed by atoms with Gasteiger partial charge in [0.2, 0.25) is 0 Å². The molecule has 0 aromatic rings. The summed E-state index contributed by atoms with van der Waals surface area (Å²) in [6.07, 6.45) is 11.0. The molecule has 1 aliphatic carbocycles. The Morgan fingerprint density at radius 2 is 2.00 bits per heavy atom. The quantitative estimate of drug-likeness (QED) is 0.512. The minimum absolute atomic E-state index is 0.0747. The minimum atomic E-state index is -0.0747. The van der Waals surface area contributed by atoms with Crippen molar-refractivity contribution in [2.75, 3.05) is 0 Å². The maximum atomic E-state index is 9.29. The third-order valence-corrected chi connectivity index (χ3v) is 1.98. The first kappa shape index (κ1) is 7.80. The summed E-state index contributed by atoms with van der Waals surface area (Å²) in [4.78, 5) is 0. The average Bonchev–Trinajstić information content (AvgIpc) is 2.02. The van der Waals surface area contributed by atoms with E-state index in [1.54, 1.807) is 0 Å². The van der Waals surface area contributed by atoms with Crippen molar-refractivity contribution in [3.8, 4) is 0 Å². The van der Waals surface area contributed by atoms with Crippen LogP contribution in [-0.2, 0) is 0 Å². The molecule has 0 aromatic carbocycles. The van der Waals surface area contributed by atoms with Crippen molar-refractivity contribution >= 4 is 0 Å². The molecular formula is C9H16O. The number of hydrogen-bond donors (Lipinski definition) is 1. The van der Waals surface area contributed by atoms with Crippen LogP contribution in [0.5, 0.6) is 0 Å². The third-order valence-electron chi connectivity index (χ3n) is 1.98. The fraction of sp³-hybridized carbons (Fsp3) is 0.778. The molecule has 0 amide bonds. The first-order valence-corrected chi connectivity index (χ1v) is 4.22. The second-order valence-electron chi connectivity index (χ2n) is 3.00. The molecule has 1 heteroatoms. The standard InChI is InChI=1S/C9H16O/c10-9-7-5-3-1-2-4-6-8-9/h3,5,9-10H,1-2,4,6-8H2. The summed E-state index contributed by atoms with van der Waals surface area (Å²) < 4.78 is 0. The number of aliphatic hydroxyl groups excluding tert-OH is 1. The van der Waals surface area contributed by atoms with Gasteiger partial charge in [0.25, 0.3) is 0 Å². The van der Waals surface area contributed by atoms with Crippen LogP contribution in [0.3, 0.4) is 0 Å². The van der Waals surface area contributed by atoms with Gasteiger partial charge in [0.15, 0.2) is 0 Å². The van der Waals surface area contributed by atoms with Crippen molar-refractivity contribution in [3.05, 3.63) is 12.2 Å². The van der Waals surface area contributed by atoms with Gasteiger partial charge in [-0.15, -0.1) is 0 Å². The Bertz CT molecular complexity index is 107. The van der Waals surface area contributed by atoms with Gasteiger partial charge >= 0.3 is 0 Å². The molecule has 1 N–H and O–H groups in total. The highest BCUT2D eigenvalue weighted by atomic mass is 16.3. The van der Waals surface area contributed by atoms with Crippen molar-refractivity contribution in [2.24, 2.45) is 0 Å². The largest absolute Gasteiger partial charge is 0.393 e. The predicted octanol–water partition coefficient (Wildman–Crippen LogP) is 2.26. The van der Waals surface area contributed by atoms with Crippen LogP contribution >= 0.6 is 0 Å². The molecule has 0 aliphatic heterocycles. The lowest BCUT2D eigenvalue weighted by molar-refractivity contribution is 0.164. The Kier molecular flexibility index (Phi) is 3.52. The minimum Gasteiger partial charge on any atom is -0.393 e. The SMILES string of the molecule is OC1CC=CCCCCC1. The molecule has 0 fully saturated rings. The van der Waals surface area contributed by atoms with Crippen molar-refractivity contribution in [1.29, 1.82) is 0 Å². The molecular weight excluding hydrogens is 124 g/mol. The molecule has 0 radical (unpaired) electrons. The summed E-state index contributed by atoms with van der Waals surface area (Å²) in [5.41, 5.74) is 0. The number of allylic oxidation sites excluding steroid dienone is 1. The van der Waals surface area contributed by atoms with Crippen LogP contribution in [0.2, 0.25) is 0 Å². The van der Waals surface area contributed by atoms with Gasteiger partial charge < -0.3 is 5.11 Å². The molecule has 0 heterocycles. The zero-order valence-electron chi connectivity index (χ0n) is 6.42. The Morgan fingerprint density at radius 3 is 2.90 bits per heavy atom. The van der Waals surface area contributed by atoms with Gasteiger partial charge in [-0.2, -0.15) is 0 Å². The fourth-order valence-corrected chi connectivity index (χ4v) is 1.31. The van der Waals surface area contributed by atoms with E-state index in [0.717, 1.165) is 12.8 Å². The van der Waals surface area contributed by atoms with Crippen LogP contribution in [0, 0.1) is 0 Å². The summed E-state index contributed by atoms with van der Waals surface area (Å²) in [5, 5.41) is 9.29. The molecule has 0 bridgehead atoms. The Hall–Kier alpha value is -0.300. The van der Waals surface area contributed by atoms with E-state index in [2.05, 4.69) is 12.2 Å². The number of rotatable bonds is 0. The van der Waals surface area contributed by atoms with Crippen LogP contribution in [0.15, 0.2) is 12.2 Å². The lowest BCUT2D eigenvalue weighted by atomic mass is 10.1. The van der Waals surface area contributed by atoms with E-state index in [9.17, 15) is 5.11 Å². The van der Waals surface area contributed by atoms with Crippen molar-refractivity contribution in [2.45, 2.75) is 44.6 Å². The molecule has 0 spiro atoms. The van der Waals surface area contributed by atoms with Gasteiger partial charge in [0.05, 0.1) is 6.10 Å². The second-order valence-corrected chi connectivity index (χ2v) is 3.00. The van der Waals surface area contributed by atoms with Crippen molar-refractivity contribution in [3.63, 3.8) is 0 Å². The van der Waals surface area contributed by atoms with Crippen molar-refractivity contribution < 1.29 is 5.11 Å². The third kappa shape index (κ3) is 3.02. The molecule has 0 aromatic heterocycles. The van der Waals surface area contributed by atoms with Gasteiger partial charge in [-0.3, -0.25) is 0 Å². The van der Waals surface area contributed by atoms with Gasteiger partial charge in [0.1, 0.15) is 0 Å². The van der Waals surface area contributed by atoms with Gasteiger partial charge in [0, 0.05) is 0 Å². The molecule has 10 heavy (non-hydrogen) atoms. The smallest absolute Gasteiger partial charge is 0.0574 e. The Labute approximate surface area is 62.8 Å². The fourth-order valence-electron chi connectivity index (χ4n) is 1.31. The normalized spacial score (nSPS) is 28.7. The maximum absolute atomic E-state index is 9.29. The summed E-state index contributed by atoms with van der Waals surface area (Å²) >= 11 is 0. The first-order valence-electron chi connectivity index (χ1n) is 4.22. The predicted molar refractivity (Wildman–Crippen MR) is 42.8 cm³/mol. The maximum Gasteiger partial charge on any atom is 0.0574 e. The summed E-state index contributed by atoms with van der Waals surface area (Å²) in [6.45, 7) is 0. The second kappa shape index (κ2) is 4.51. The summed E-state index contributed by atoms with van der Waals surface area (Å²) in [5.74, 6) is 0. The van der Waals surface area contributed by atoms with Gasteiger partial charge in [-0.25, -0.2) is 0 Å². The average molecular weight is 140 g/mol. The van der Waals surface area contributed by atoms with E-state index < -0.39 is 0 Å². The highest BCUT2D eigenvalue weighted by Gasteiger charge is 2.01. The van der Waals surface area contributed by atoms with Crippen molar-refractivity contribution in [1.82, 2.24) is 0 Å². The molecule has 1 atom stereocenters. The van der Waals surface area contributed by atoms with Crippen LogP contribution < -0.4 is 0 Å². The highest BCUT2D eigenvalue weighted by Crippen LogP contribution is 2.11. The van der Waals surface area contributed by atoms with Crippen LogP contribution in [0.4, 0.5) is 0 Å². The zero-order valence-corrected chi connectivity index (χ0v) is 6.42. The lowest BCUT2D eigenvalue weighted by Crippen LogP contribution is -2.03. The van der Waals surface area contributed by atoms with Crippen LogP contribution in [0.25, 0.3) is 0 Å². The molecule has 58 valence electrons. The zero-order chi connectivity index (χ0) is 7.23. The molecule has 1 unspecified atom stereocenters. The van der Waals surface area contributed by atoms with Crippen LogP contribution in [0.1, 0.15) is 38.5 Å². The first-order chi connectivity index (χ1) is 4.89. The number of aliphatic hydroxyl groups is 1. The Morgan fingerprint density at radius 1 is 1.10 bits per heavy atom. The summed E-state index contributed by atoms with van der Waals surface area (Å²) in [7, 11) is 0. The van der Waals surface area contributed by atoms with E-state index in [0.29, 0.717) is 0 Å².